The van der Waals surface area contributed by atoms with Crippen LogP contribution in [0.1, 0.15) is 59.1 Å². The van der Waals surface area contributed by atoms with E-state index in [9.17, 15) is 9.59 Å². The van der Waals surface area contributed by atoms with Crippen LogP contribution in [-0.4, -0.2) is 51.7 Å². The van der Waals surface area contributed by atoms with Gasteiger partial charge in [0.05, 0.1) is 17.8 Å². The number of ether oxygens (including phenoxy) is 1. The number of benzene rings is 1. The molecule has 0 bridgehead atoms. The first kappa shape index (κ1) is 18.5. The van der Waals surface area contributed by atoms with Gasteiger partial charge in [-0.2, -0.15) is 5.10 Å². The normalized spacial score (nSPS) is 18.4. The molecule has 0 atom stereocenters. The molecule has 148 valence electrons. The van der Waals surface area contributed by atoms with E-state index in [1.54, 1.807) is 10.7 Å². The van der Waals surface area contributed by atoms with E-state index in [2.05, 4.69) is 24.3 Å². The van der Waals surface area contributed by atoms with Crippen LogP contribution < -0.4 is 10.1 Å². The summed E-state index contributed by atoms with van der Waals surface area (Å²) in [7, 11) is 1.81. The van der Waals surface area contributed by atoms with Gasteiger partial charge < -0.3 is 15.0 Å². The molecule has 1 saturated heterocycles. The molecule has 0 saturated carbocycles. The topological polar surface area (TPSA) is 76.5 Å². The van der Waals surface area contributed by atoms with Crippen LogP contribution >= 0.6 is 0 Å². The van der Waals surface area contributed by atoms with Crippen molar-refractivity contribution >= 4 is 11.8 Å². The van der Waals surface area contributed by atoms with Gasteiger partial charge in [-0.1, -0.05) is 26.0 Å². The van der Waals surface area contributed by atoms with Crippen LogP contribution in [-0.2, 0) is 7.05 Å². The molecule has 1 fully saturated rings. The molecule has 2 amide bonds. The second kappa shape index (κ2) is 6.96. The van der Waals surface area contributed by atoms with Crippen molar-refractivity contribution in [2.75, 3.05) is 19.6 Å². The fourth-order valence-corrected chi connectivity index (χ4v) is 3.88. The number of hydrogen-bond donors (Lipinski definition) is 1. The summed E-state index contributed by atoms with van der Waals surface area (Å²) >= 11 is 0. The van der Waals surface area contributed by atoms with E-state index >= 15 is 0 Å². The first-order valence-electron chi connectivity index (χ1n) is 9.78. The first-order chi connectivity index (χ1) is 13.4. The summed E-state index contributed by atoms with van der Waals surface area (Å²) < 4.78 is 7.98. The van der Waals surface area contributed by atoms with Gasteiger partial charge in [0.15, 0.2) is 0 Å². The molecule has 1 spiro atoms. The summed E-state index contributed by atoms with van der Waals surface area (Å²) in [5.41, 5.74) is 1.62. The number of aryl methyl sites for hydroxylation is 1. The molecular formula is C21H26N4O3. The Balaban J connectivity index is 1.49. The molecule has 0 unspecified atom stereocenters. The summed E-state index contributed by atoms with van der Waals surface area (Å²) in [6.07, 6.45) is 1.34. The van der Waals surface area contributed by atoms with Crippen LogP contribution in [0.3, 0.4) is 0 Å². The van der Waals surface area contributed by atoms with Gasteiger partial charge in [0.1, 0.15) is 17.0 Å². The van der Waals surface area contributed by atoms with Gasteiger partial charge in [-0.15, -0.1) is 0 Å². The smallest absolute Gasteiger partial charge is 0.272 e. The number of carbonyl (C=O) groups excluding carboxylic acids is 2. The number of rotatable bonds is 2. The Labute approximate surface area is 164 Å². The Morgan fingerprint density at radius 2 is 1.96 bits per heavy atom. The van der Waals surface area contributed by atoms with E-state index in [4.69, 9.17) is 4.74 Å². The third-order valence-corrected chi connectivity index (χ3v) is 5.70. The maximum absolute atomic E-state index is 13.0. The maximum atomic E-state index is 13.0. The molecule has 4 rings (SSSR count). The van der Waals surface area contributed by atoms with E-state index in [1.807, 2.05) is 36.2 Å². The molecule has 28 heavy (non-hydrogen) atoms. The molecule has 2 aliphatic rings. The second-order valence-electron chi connectivity index (χ2n) is 7.99. The van der Waals surface area contributed by atoms with Gasteiger partial charge >= 0.3 is 0 Å². The number of nitrogens with one attached hydrogen (secondary N) is 1. The van der Waals surface area contributed by atoms with E-state index < -0.39 is 5.60 Å². The van der Waals surface area contributed by atoms with E-state index in [-0.39, 0.29) is 17.7 Å². The molecule has 1 aromatic heterocycles. The van der Waals surface area contributed by atoms with E-state index in [0.717, 1.165) is 5.69 Å². The van der Waals surface area contributed by atoms with Gasteiger partial charge in [-0.25, -0.2) is 0 Å². The SMILES string of the molecule is CC(C)c1cc(C(=O)N2CCC3(CC2)CNC(=O)c2ccccc2O3)n(C)n1. The lowest BCUT2D eigenvalue weighted by molar-refractivity contribution is 0.00736. The Hall–Kier alpha value is -2.83. The van der Waals surface area contributed by atoms with Crippen LogP contribution in [0.15, 0.2) is 30.3 Å². The summed E-state index contributed by atoms with van der Waals surface area (Å²) in [6.45, 7) is 5.75. The zero-order valence-electron chi connectivity index (χ0n) is 16.6. The first-order valence-corrected chi connectivity index (χ1v) is 9.78. The summed E-state index contributed by atoms with van der Waals surface area (Å²) in [4.78, 5) is 27.2. The van der Waals surface area contributed by atoms with Crippen molar-refractivity contribution in [1.82, 2.24) is 20.0 Å². The zero-order valence-corrected chi connectivity index (χ0v) is 16.6. The molecule has 1 N–H and O–H groups in total. The number of carbonyl (C=O) groups is 2. The Kier molecular flexibility index (Phi) is 4.61. The molecule has 0 radical (unpaired) electrons. The summed E-state index contributed by atoms with van der Waals surface area (Å²) in [5.74, 6) is 0.780. The van der Waals surface area contributed by atoms with E-state index in [0.29, 0.717) is 49.5 Å². The number of amides is 2. The molecule has 0 aliphatic carbocycles. The highest BCUT2D eigenvalue weighted by Crippen LogP contribution is 2.33. The fourth-order valence-electron chi connectivity index (χ4n) is 3.88. The highest BCUT2D eigenvalue weighted by Gasteiger charge is 2.41. The molecule has 3 heterocycles. The molecule has 2 aromatic rings. The highest BCUT2D eigenvalue weighted by molar-refractivity contribution is 5.97. The standard InChI is InChI=1S/C21H26N4O3/c1-14(2)16-12-17(24(3)23-16)20(27)25-10-8-21(9-11-25)13-22-19(26)15-6-4-5-7-18(15)28-21/h4-7,12,14H,8-11,13H2,1-3H3,(H,22,26). The van der Waals surface area contributed by atoms with Crippen molar-refractivity contribution in [3.8, 4) is 5.75 Å². The van der Waals surface area contributed by atoms with Crippen molar-refractivity contribution < 1.29 is 14.3 Å². The second-order valence-corrected chi connectivity index (χ2v) is 7.99. The van der Waals surface area contributed by atoms with Crippen molar-refractivity contribution in [3.63, 3.8) is 0 Å². The summed E-state index contributed by atoms with van der Waals surface area (Å²) in [5, 5.41) is 7.43. The molecule has 7 nitrogen and oxygen atoms in total. The van der Waals surface area contributed by atoms with Crippen LogP contribution in [0, 0.1) is 0 Å². The lowest BCUT2D eigenvalue weighted by Crippen LogP contribution is -2.54. The number of hydrogen-bond acceptors (Lipinski definition) is 4. The molecular weight excluding hydrogens is 356 g/mol. The average Bonchev–Trinajstić information content (AvgIpc) is 3.02. The third-order valence-electron chi connectivity index (χ3n) is 5.70. The maximum Gasteiger partial charge on any atom is 0.272 e. The van der Waals surface area contributed by atoms with Gasteiger partial charge in [0.2, 0.25) is 0 Å². The number of para-hydroxylation sites is 1. The van der Waals surface area contributed by atoms with Crippen LogP contribution in [0.2, 0.25) is 0 Å². The Morgan fingerprint density at radius 1 is 1.25 bits per heavy atom. The van der Waals surface area contributed by atoms with Crippen LogP contribution in [0.4, 0.5) is 0 Å². The lowest BCUT2D eigenvalue weighted by Gasteiger charge is -2.41. The van der Waals surface area contributed by atoms with Crippen molar-refractivity contribution in [1.29, 1.82) is 0 Å². The third kappa shape index (κ3) is 3.25. The number of piperidine rings is 1. The van der Waals surface area contributed by atoms with Gasteiger partial charge in [-0.3, -0.25) is 14.3 Å². The van der Waals surface area contributed by atoms with Crippen molar-refractivity contribution in [2.24, 2.45) is 7.05 Å². The Morgan fingerprint density at radius 3 is 2.64 bits per heavy atom. The predicted octanol–water partition coefficient (Wildman–Crippen LogP) is 2.34. The minimum absolute atomic E-state index is 0.00481. The van der Waals surface area contributed by atoms with Crippen LogP contribution in [0.25, 0.3) is 0 Å². The minimum Gasteiger partial charge on any atom is -0.484 e. The van der Waals surface area contributed by atoms with Crippen LogP contribution in [0.5, 0.6) is 5.75 Å². The number of likely N-dealkylation sites (tertiary alicyclic amines) is 1. The number of aromatic nitrogens is 2. The quantitative estimate of drug-likeness (QED) is 0.865. The number of fused-ring (bicyclic) bond motifs is 1. The largest absolute Gasteiger partial charge is 0.484 e. The van der Waals surface area contributed by atoms with Crippen molar-refractivity contribution in [3.05, 3.63) is 47.3 Å². The monoisotopic (exact) mass is 382 g/mol. The molecule has 1 aromatic carbocycles. The molecule has 7 heteroatoms. The predicted molar refractivity (Wildman–Crippen MR) is 105 cm³/mol. The highest BCUT2D eigenvalue weighted by atomic mass is 16.5. The zero-order chi connectivity index (χ0) is 19.9. The minimum atomic E-state index is -0.478. The lowest BCUT2D eigenvalue weighted by atomic mass is 9.90. The number of nitrogens with zero attached hydrogens (tertiary/aromatic N) is 3. The van der Waals surface area contributed by atoms with Gasteiger partial charge in [0.25, 0.3) is 11.8 Å². The fraction of sp³-hybridized carbons (Fsp3) is 0.476. The van der Waals surface area contributed by atoms with E-state index in [1.165, 1.54) is 0 Å². The Bertz CT molecular complexity index is 910. The van der Waals surface area contributed by atoms with Crippen molar-refractivity contribution in [2.45, 2.75) is 38.2 Å². The summed E-state index contributed by atoms with van der Waals surface area (Å²) in [6, 6.07) is 9.20. The van der Waals surface area contributed by atoms with Gasteiger partial charge in [0, 0.05) is 33.0 Å². The van der Waals surface area contributed by atoms with Gasteiger partial charge in [-0.05, 0) is 24.1 Å². The molecule has 2 aliphatic heterocycles. The average molecular weight is 382 g/mol.